The summed E-state index contributed by atoms with van der Waals surface area (Å²) >= 11 is 0. The van der Waals surface area contributed by atoms with Crippen LogP contribution in [0.2, 0.25) is 0 Å². The minimum Gasteiger partial charge on any atom is -0.360 e. The Kier molecular flexibility index (Phi) is 3.86. The first-order valence-electron chi connectivity index (χ1n) is 3.80. The van der Waals surface area contributed by atoms with Crippen LogP contribution in [0.25, 0.3) is 11.3 Å². The molecule has 14 heavy (non-hydrogen) atoms. The molecule has 73 valence electrons. The van der Waals surface area contributed by atoms with E-state index in [0.29, 0.717) is 11.3 Å². The molecule has 0 aliphatic carbocycles. The smallest absolute Gasteiger partial charge is 0.117 e. The summed E-state index contributed by atoms with van der Waals surface area (Å²) in [5, 5.41) is 0. The Balaban J connectivity index is 0.000000980. The van der Waals surface area contributed by atoms with Gasteiger partial charge in [-0.1, -0.05) is 12.4 Å². The SMILES string of the molecule is Fc1ccnc(-c2[c-]ccnc2)c1.[Ir]. The number of hydrogen-bond acceptors (Lipinski definition) is 2. The second kappa shape index (κ2) is 4.94. The van der Waals surface area contributed by atoms with Crippen LogP contribution in [0.4, 0.5) is 4.39 Å². The molecule has 0 spiro atoms. The molecule has 0 bridgehead atoms. The first-order valence-corrected chi connectivity index (χ1v) is 3.80. The van der Waals surface area contributed by atoms with Gasteiger partial charge in [-0.2, -0.15) is 0 Å². The number of aromatic nitrogens is 2. The van der Waals surface area contributed by atoms with Crippen molar-refractivity contribution in [3.8, 4) is 11.3 Å². The molecule has 4 heteroatoms. The van der Waals surface area contributed by atoms with Gasteiger partial charge in [0.25, 0.3) is 0 Å². The maximum Gasteiger partial charge on any atom is 0.117 e. The second-order valence-corrected chi connectivity index (χ2v) is 2.51. The number of hydrogen-bond donors (Lipinski definition) is 0. The van der Waals surface area contributed by atoms with Gasteiger partial charge in [0.1, 0.15) is 5.82 Å². The molecule has 0 saturated heterocycles. The summed E-state index contributed by atoms with van der Waals surface area (Å²) in [6.45, 7) is 0. The largest absolute Gasteiger partial charge is 0.360 e. The molecule has 0 aliphatic heterocycles. The molecule has 0 fully saturated rings. The zero-order chi connectivity index (χ0) is 9.10. The summed E-state index contributed by atoms with van der Waals surface area (Å²) in [5.41, 5.74) is 1.25. The van der Waals surface area contributed by atoms with Crippen LogP contribution in [0.1, 0.15) is 0 Å². The van der Waals surface area contributed by atoms with E-state index in [0.717, 1.165) is 0 Å². The fraction of sp³-hybridized carbons (Fsp3) is 0. The van der Waals surface area contributed by atoms with E-state index in [1.165, 1.54) is 18.3 Å². The van der Waals surface area contributed by atoms with E-state index in [9.17, 15) is 4.39 Å². The fourth-order valence-corrected chi connectivity index (χ4v) is 1.02. The molecule has 2 nitrogen and oxygen atoms in total. The predicted molar refractivity (Wildman–Crippen MR) is 46.3 cm³/mol. The number of rotatable bonds is 1. The normalized spacial score (nSPS) is 9.21. The summed E-state index contributed by atoms with van der Waals surface area (Å²) < 4.78 is 12.8. The third kappa shape index (κ3) is 2.44. The Morgan fingerprint density at radius 1 is 1.29 bits per heavy atom. The van der Waals surface area contributed by atoms with Gasteiger partial charge >= 0.3 is 0 Å². The van der Waals surface area contributed by atoms with Gasteiger partial charge < -0.3 is 9.97 Å². The van der Waals surface area contributed by atoms with Crippen molar-refractivity contribution in [2.45, 2.75) is 0 Å². The van der Waals surface area contributed by atoms with Crippen molar-refractivity contribution in [1.29, 1.82) is 0 Å². The van der Waals surface area contributed by atoms with Gasteiger partial charge in [-0.3, -0.25) is 0 Å². The molecule has 2 heterocycles. The van der Waals surface area contributed by atoms with Gasteiger partial charge in [0.2, 0.25) is 0 Å². The Bertz CT molecular complexity index is 406. The van der Waals surface area contributed by atoms with Crippen molar-refractivity contribution in [2.24, 2.45) is 0 Å². The van der Waals surface area contributed by atoms with E-state index in [1.807, 2.05) is 0 Å². The van der Waals surface area contributed by atoms with Crippen LogP contribution in [0, 0.1) is 11.9 Å². The van der Waals surface area contributed by atoms with E-state index in [4.69, 9.17) is 0 Å². The van der Waals surface area contributed by atoms with Gasteiger partial charge in [0.05, 0.1) is 0 Å². The van der Waals surface area contributed by atoms with Crippen LogP contribution in [-0.2, 0) is 20.1 Å². The summed E-state index contributed by atoms with van der Waals surface area (Å²) in [5.74, 6) is -0.303. The van der Waals surface area contributed by atoms with E-state index >= 15 is 0 Å². The van der Waals surface area contributed by atoms with Crippen LogP contribution < -0.4 is 0 Å². The molecule has 2 rings (SSSR count). The molecule has 0 atom stereocenters. The topological polar surface area (TPSA) is 25.8 Å². The van der Waals surface area contributed by atoms with Crippen LogP contribution in [-0.4, -0.2) is 9.97 Å². The maximum atomic E-state index is 12.8. The molecule has 2 aromatic heterocycles. The number of nitrogens with zero attached hydrogens (tertiary/aromatic N) is 2. The maximum absolute atomic E-state index is 12.8. The Morgan fingerprint density at radius 3 is 2.79 bits per heavy atom. The average Bonchev–Trinajstić information content (AvgIpc) is 2.19. The van der Waals surface area contributed by atoms with Gasteiger partial charge in [-0.15, -0.1) is 17.7 Å². The Hall–Kier alpha value is -1.12. The summed E-state index contributed by atoms with van der Waals surface area (Å²) in [6.07, 6.45) is 4.63. The molecule has 2 aromatic rings. The standard InChI is InChI=1S/C10H6FN2.Ir/c11-9-3-5-13-10(6-9)8-2-1-4-12-7-8;/h1,3-7H;/q-1;. The van der Waals surface area contributed by atoms with Gasteiger partial charge in [0, 0.05) is 26.3 Å². The van der Waals surface area contributed by atoms with Crippen molar-refractivity contribution < 1.29 is 24.5 Å². The zero-order valence-electron chi connectivity index (χ0n) is 7.07. The van der Waals surface area contributed by atoms with Gasteiger partial charge in [-0.05, 0) is 17.8 Å². The van der Waals surface area contributed by atoms with Crippen molar-refractivity contribution >= 4 is 0 Å². The average molecular weight is 365 g/mol. The van der Waals surface area contributed by atoms with E-state index < -0.39 is 0 Å². The molecule has 1 radical (unpaired) electrons. The molecule has 0 saturated carbocycles. The number of halogens is 1. The monoisotopic (exact) mass is 366 g/mol. The molecule has 0 aromatic carbocycles. The molecule has 0 N–H and O–H groups in total. The number of pyridine rings is 2. The van der Waals surface area contributed by atoms with Crippen molar-refractivity contribution in [1.82, 2.24) is 9.97 Å². The fourth-order valence-electron chi connectivity index (χ4n) is 1.02. The van der Waals surface area contributed by atoms with Gasteiger partial charge in [-0.25, -0.2) is 4.39 Å². The summed E-state index contributed by atoms with van der Waals surface area (Å²) in [6, 6.07) is 7.25. The molecular formula is C10H6FIrN2-. The zero-order valence-corrected chi connectivity index (χ0v) is 9.46. The Labute approximate surface area is 94.6 Å². The summed E-state index contributed by atoms with van der Waals surface area (Å²) in [4.78, 5) is 7.90. The summed E-state index contributed by atoms with van der Waals surface area (Å²) in [7, 11) is 0. The van der Waals surface area contributed by atoms with E-state index in [-0.39, 0.29) is 25.9 Å². The second-order valence-electron chi connectivity index (χ2n) is 2.51. The van der Waals surface area contributed by atoms with Gasteiger partial charge in [0.15, 0.2) is 0 Å². The van der Waals surface area contributed by atoms with Crippen molar-refractivity contribution in [3.63, 3.8) is 0 Å². The van der Waals surface area contributed by atoms with Crippen LogP contribution >= 0.6 is 0 Å². The molecular weight excluding hydrogens is 359 g/mol. The molecule has 0 aliphatic rings. The minimum absolute atomic E-state index is 0. The minimum atomic E-state index is -0.303. The van der Waals surface area contributed by atoms with Crippen LogP contribution in [0.5, 0.6) is 0 Å². The molecule has 0 amide bonds. The van der Waals surface area contributed by atoms with Crippen LogP contribution in [0.15, 0.2) is 36.8 Å². The third-order valence-corrected chi connectivity index (χ3v) is 1.60. The van der Waals surface area contributed by atoms with E-state index in [1.54, 1.807) is 18.5 Å². The predicted octanol–water partition coefficient (Wildman–Crippen LogP) is 2.08. The first kappa shape index (κ1) is 11.0. The van der Waals surface area contributed by atoms with Crippen molar-refractivity contribution in [3.05, 3.63) is 48.7 Å². The Morgan fingerprint density at radius 2 is 2.14 bits per heavy atom. The van der Waals surface area contributed by atoms with Crippen molar-refractivity contribution in [2.75, 3.05) is 0 Å². The quantitative estimate of drug-likeness (QED) is 0.724. The van der Waals surface area contributed by atoms with Crippen LogP contribution in [0.3, 0.4) is 0 Å². The van der Waals surface area contributed by atoms with E-state index in [2.05, 4.69) is 16.0 Å². The third-order valence-electron chi connectivity index (χ3n) is 1.60. The first-order chi connectivity index (χ1) is 6.36. The molecule has 0 unspecified atom stereocenters.